The molecule has 116 valence electrons. The summed E-state index contributed by atoms with van der Waals surface area (Å²) >= 11 is 0. The van der Waals surface area contributed by atoms with Crippen LogP contribution in [0.2, 0.25) is 0 Å². The first-order chi connectivity index (χ1) is 9.65. The molecule has 0 spiro atoms. The molecule has 2 rings (SSSR count). The molecule has 21 heavy (non-hydrogen) atoms. The third-order valence-corrected chi connectivity index (χ3v) is 2.77. The van der Waals surface area contributed by atoms with Crippen molar-refractivity contribution in [1.29, 1.82) is 0 Å². The minimum absolute atomic E-state index is 0.202. The number of hydrogen-bond acceptors (Lipinski definition) is 3. The zero-order chi connectivity index (χ0) is 15.8. The first-order valence-electron chi connectivity index (χ1n) is 6.45. The Morgan fingerprint density at radius 1 is 1.14 bits per heavy atom. The van der Waals surface area contributed by atoms with Gasteiger partial charge in [-0.15, -0.1) is 0 Å². The second-order valence-corrected chi connectivity index (χ2v) is 5.82. The van der Waals surface area contributed by atoms with Gasteiger partial charge in [-0.05, 0) is 20.8 Å². The van der Waals surface area contributed by atoms with Gasteiger partial charge in [-0.3, -0.25) is 0 Å². The van der Waals surface area contributed by atoms with E-state index in [9.17, 15) is 18.0 Å². The molecule has 1 aliphatic heterocycles. The molecule has 7 heteroatoms. The van der Waals surface area contributed by atoms with Crippen molar-refractivity contribution in [2.75, 3.05) is 13.1 Å². The molecule has 0 aliphatic carbocycles. The standard InChI is InChI=1S/C14H16F3NO3/c1-14(2,3)21-13(19)18-6-8(7-18)20-12-5-10(16)9(15)4-11(12)17/h4-5,8H,6-7H2,1-3H3. The fourth-order valence-electron chi connectivity index (χ4n) is 1.76. The lowest BCUT2D eigenvalue weighted by molar-refractivity contribution is -0.0230. The van der Waals surface area contributed by atoms with Gasteiger partial charge in [0.25, 0.3) is 0 Å². The van der Waals surface area contributed by atoms with Gasteiger partial charge >= 0.3 is 6.09 Å². The molecule has 1 aromatic carbocycles. The molecular formula is C14H16F3NO3. The Balaban J connectivity index is 1.89. The molecule has 0 atom stereocenters. The summed E-state index contributed by atoms with van der Waals surface area (Å²) in [4.78, 5) is 13.1. The number of ether oxygens (including phenoxy) is 2. The van der Waals surface area contributed by atoms with Crippen molar-refractivity contribution in [3.8, 4) is 5.75 Å². The molecule has 1 fully saturated rings. The Labute approximate surface area is 120 Å². The normalized spacial score (nSPS) is 15.6. The average Bonchev–Trinajstić information content (AvgIpc) is 2.26. The largest absolute Gasteiger partial charge is 0.484 e. The monoisotopic (exact) mass is 303 g/mol. The third-order valence-electron chi connectivity index (χ3n) is 2.77. The summed E-state index contributed by atoms with van der Waals surface area (Å²) in [5.41, 5.74) is -0.602. The fourth-order valence-corrected chi connectivity index (χ4v) is 1.76. The van der Waals surface area contributed by atoms with E-state index in [0.717, 1.165) is 0 Å². The van der Waals surface area contributed by atoms with Crippen LogP contribution in [-0.2, 0) is 4.74 Å². The van der Waals surface area contributed by atoms with Crippen LogP contribution in [0.3, 0.4) is 0 Å². The van der Waals surface area contributed by atoms with Gasteiger partial charge in [-0.25, -0.2) is 18.0 Å². The van der Waals surface area contributed by atoms with Crippen LogP contribution in [0.5, 0.6) is 5.75 Å². The molecule has 4 nitrogen and oxygen atoms in total. The van der Waals surface area contributed by atoms with Crippen LogP contribution in [-0.4, -0.2) is 35.8 Å². The molecule has 1 aromatic rings. The van der Waals surface area contributed by atoms with E-state index < -0.39 is 35.2 Å². The first kappa shape index (κ1) is 15.5. The van der Waals surface area contributed by atoms with Crippen molar-refractivity contribution in [1.82, 2.24) is 4.90 Å². The number of carbonyl (C=O) groups excluding carboxylic acids is 1. The average molecular weight is 303 g/mol. The Bertz CT molecular complexity index is 551. The predicted molar refractivity (Wildman–Crippen MR) is 68.5 cm³/mol. The van der Waals surface area contributed by atoms with E-state index in [1.54, 1.807) is 20.8 Å². The minimum atomic E-state index is -1.27. The molecule has 0 saturated carbocycles. The molecule has 1 amide bonds. The summed E-state index contributed by atoms with van der Waals surface area (Å²) in [7, 11) is 0. The van der Waals surface area contributed by atoms with Crippen molar-refractivity contribution in [3.05, 3.63) is 29.6 Å². The second-order valence-electron chi connectivity index (χ2n) is 5.82. The lowest BCUT2D eigenvalue weighted by atomic mass is 10.1. The van der Waals surface area contributed by atoms with Crippen molar-refractivity contribution >= 4 is 6.09 Å². The number of rotatable bonds is 2. The van der Waals surface area contributed by atoms with Gasteiger partial charge in [0.05, 0.1) is 13.1 Å². The third kappa shape index (κ3) is 3.80. The quantitative estimate of drug-likeness (QED) is 0.788. The molecular weight excluding hydrogens is 287 g/mol. The van der Waals surface area contributed by atoms with E-state index in [1.807, 2.05) is 0 Å². The Hall–Kier alpha value is -1.92. The van der Waals surface area contributed by atoms with Gasteiger partial charge in [0.15, 0.2) is 23.2 Å². The lowest BCUT2D eigenvalue weighted by Crippen LogP contribution is -2.57. The van der Waals surface area contributed by atoms with Crippen molar-refractivity contribution in [2.24, 2.45) is 0 Å². The number of amides is 1. The molecule has 0 N–H and O–H groups in total. The summed E-state index contributed by atoms with van der Waals surface area (Å²) < 4.78 is 49.5. The number of halogens is 3. The molecule has 0 unspecified atom stereocenters. The Morgan fingerprint density at radius 3 is 2.29 bits per heavy atom. The van der Waals surface area contributed by atoms with E-state index in [1.165, 1.54) is 4.90 Å². The maximum absolute atomic E-state index is 13.4. The van der Waals surface area contributed by atoms with Gasteiger partial charge < -0.3 is 14.4 Å². The van der Waals surface area contributed by atoms with Gasteiger partial charge in [0.1, 0.15) is 11.7 Å². The van der Waals surface area contributed by atoms with E-state index in [2.05, 4.69) is 0 Å². The number of carbonyl (C=O) groups is 1. The van der Waals surface area contributed by atoms with Crippen molar-refractivity contribution in [3.63, 3.8) is 0 Å². The fraction of sp³-hybridized carbons (Fsp3) is 0.500. The summed E-state index contributed by atoms with van der Waals surface area (Å²) in [6.45, 7) is 5.64. The summed E-state index contributed by atoms with van der Waals surface area (Å²) in [5, 5.41) is 0. The predicted octanol–water partition coefficient (Wildman–Crippen LogP) is 3.10. The van der Waals surface area contributed by atoms with Crippen LogP contribution >= 0.6 is 0 Å². The highest BCUT2D eigenvalue weighted by Gasteiger charge is 2.35. The summed E-state index contributed by atoms with van der Waals surface area (Å²) in [5.74, 6) is -3.81. The molecule has 1 aliphatic rings. The van der Waals surface area contributed by atoms with E-state index in [-0.39, 0.29) is 18.8 Å². The van der Waals surface area contributed by atoms with Gasteiger partial charge in [0, 0.05) is 12.1 Å². The van der Waals surface area contributed by atoms with Crippen LogP contribution in [0, 0.1) is 17.5 Å². The van der Waals surface area contributed by atoms with E-state index >= 15 is 0 Å². The topological polar surface area (TPSA) is 38.8 Å². The number of likely N-dealkylation sites (tertiary alicyclic amines) is 1. The zero-order valence-electron chi connectivity index (χ0n) is 12.0. The molecule has 0 bridgehead atoms. The molecule has 0 aromatic heterocycles. The minimum Gasteiger partial charge on any atom is -0.484 e. The maximum atomic E-state index is 13.4. The lowest BCUT2D eigenvalue weighted by Gasteiger charge is -2.39. The summed E-state index contributed by atoms with van der Waals surface area (Å²) in [6.07, 6.45) is -0.968. The summed E-state index contributed by atoms with van der Waals surface area (Å²) in [6, 6.07) is 1.08. The van der Waals surface area contributed by atoms with E-state index in [0.29, 0.717) is 12.1 Å². The highest BCUT2D eigenvalue weighted by Crippen LogP contribution is 2.25. The van der Waals surface area contributed by atoms with Crippen LogP contribution in [0.1, 0.15) is 20.8 Å². The highest BCUT2D eigenvalue weighted by atomic mass is 19.2. The molecule has 0 radical (unpaired) electrons. The maximum Gasteiger partial charge on any atom is 0.410 e. The molecule has 1 saturated heterocycles. The number of hydrogen-bond donors (Lipinski definition) is 0. The van der Waals surface area contributed by atoms with Crippen molar-refractivity contribution < 1.29 is 27.4 Å². The Kier molecular flexibility index (Phi) is 4.02. The van der Waals surface area contributed by atoms with Crippen molar-refractivity contribution in [2.45, 2.75) is 32.5 Å². The SMILES string of the molecule is CC(C)(C)OC(=O)N1CC(Oc2cc(F)c(F)cc2F)C1. The van der Waals surface area contributed by atoms with Crippen LogP contribution in [0.15, 0.2) is 12.1 Å². The van der Waals surface area contributed by atoms with Crippen LogP contribution in [0.4, 0.5) is 18.0 Å². The second kappa shape index (κ2) is 5.46. The van der Waals surface area contributed by atoms with Crippen LogP contribution < -0.4 is 4.74 Å². The number of benzene rings is 1. The smallest absolute Gasteiger partial charge is 0.410 e. The first-order valence-corrected chi connectivity index (χ1v) is 6.45. The van der Waals surface area contributed by atoms with Gasteiger partial charge in [0.2, 0.25) is 0 Å². The highest BCUT2D eigenvalue weighted by molar-refractivity contribution is 5.69. The van der Waals surface area contributed by atoms with Crippen LogP contribution in [0.25, 0.3) is 0 Å². The van der Waals surface area contributed by atoms with E-state index in [4.69, 9.17) is 9.47 Å². The number of nitrogens with zero attached hydrogens (tertiary/aromatic N) is 1. The Morgan fingerprint density at radius 2 is 1.71 bits per heavy atom. The molecule has 1 heterocycles. The van der Waals surface area contributed by atoms with Gasteiger partial charge in [-0.1, -0.05) is 0 Å². The zero-order valence-corrected chi connectivity index (χ0v) is 12.0. The van der Waals surface area contributed by atoms with Gasteiger partial charge in [-0.2, -0.15) is 0 Å².